The average Bonchev–Trinajstić information content (AvgIpc) is 2.98. The summed E-state index contributed by atoms with van der Waals surface area (Å²) in [6, 6.07) is -1.07. The highest BCUT2D eigenvalue weighted by molar-refractivity contribution is 7.85. The Morgan fingerprint density at radius 1 is 0.636 bits per heavy atom. The van der Waals surface area contributed by atoms with E-state index < -0.39 is 28.0 Å². The molecular formula is C37H63NO5S. The normalized spacial score (nSPS) is 14.4. The molecule has 1 amide bonds. The first-order chi connectivity index (χ1) is 21.3. The van der Waals surface area contributed by atoms with Crippen LogP contribution in [0, 0.1) is 0 Å². The number of aliphatic hydroxyl groups excluding tert-OH is 1. The van der Waals surface area contributed by atoms with Gasteiger partial charge in [-0.1, -0.05) is 138 Å². The first-order valence-corrected chi connectivity index (χ1v) is 18.7. The highest BCUT2D eigenvalue weighted by atomic mass is 32.2. The van der Waals surface area contributed by atoms with Crippen LogP contribution in [0.15, 0.2) is 72.9 Å². The van der Waals surface area contributed by atoms with E-state index in [0.29, 0.717) is 6.42 Å². The molecule has 0 aromatic carbocycles. The van der Waals surface area contributed by atoms with Crippen LogP contribution < -0.4 is 5.32 Å². The van der Waals surface area contributed by atoms with Crippen LogP contribution in [0.3, 0.4) is 0 Å². The molecule has 0 fully saturated rings. The third-order valence-electron chi connectivity index (χ3n) is 7.14. The fourth-order valence-corrected chi connectivity index (χ4v) is 5.32. The fourth-order valence-electron chi connectivity index (χ4n) is 4.59. The maximum Gasteiger partial charge on any atom is 0.267 e. The Labute approximate surface area is 270 Å². The van der Waals surface area contributed by atoms with E-state index in [2.05, 4.69) is 79.9 Å². The van der Waals surface area contributed by atoms with E-state index in [-0.39, 0.29) is 12.3 Å². The number of carbonyl (C=O) groups excluding carboxylic acids is 1. The number of allylic oxidation sites excluding steroid dienone is 11. The molecule has 0 aliphatic heterocycles. The predicted molar refractivity (Wildman–Crippen MR) is 188 cm³/mol. The molecule has 2 atom stereocenters. The van der Waals surface area contributed by atoms with Crippen LogP contribution in [0.4, 0.5) is 0 Å². The Kier molecular flexibility index (Phi) is 29.2. The summed E-state index contributed by atoms with van der Waals surface area (Å²) in [7, 11) is -4.34. The number of hydrogen-bond acceptors (Lipinski definition) is 4. The summed E-state index contributed by atoms with van der Waals surface area (Å²) in [5, 5.41) is 13.1. The summed E-state index contributed by atoms with van der Waals surface area (Å²) in [6.45, 7) is 4.33. The van der Waals surface area contributed by atoms with Crippen molar-refractivity contribution in [1.29, 1.82) is 0 Å². The highest BCUT2D eigenvalue weighted by Crippen LogP contribution is 2.10. The van der Waals surface area contributed by atoms with Gasteiger partial charge in [0.2, 0.25) is 5.91 Å². The van der Waals surface area contributed by atoms with Crippen LogP contribution in [-0.2, 0) is 14.9 Å². The van der Waals surface area contributed by atoms with Gasteiger partial charge in [0.15, 0.2) is 0 Å². The van der Waals surface area contributed by atoms with E-state index in [4.69, 9.17) is 0 Å². The lowest BCUT2D eigenvalue weighted by atomic mass is 10.1. The minimum Gasteiger partial charge on any atom is -0.387 e. The average molecular weight is 634 g/mol. The van der Waals surface area contributed by atoms with Crippen LogP contribution >= 0.6 is 0 Å². The molecule has 2 unspecified atom stereocenters. The van der Waals surface area contributed by atoms with Crippen LogP contribution in [0.2, 0.25) is 0 Å². The lowest BCUT2D eigenvalue weighted by molar-refractivity contribution is -0.122. The van der Waals surface area contributed by atoms with Gasteiger partial charge in [-0.3, -0.25) is 9.35 Å². The zero-order chi connectivity index (χ0) is 32.6. The number of aliphatic hydroxyl groups is 1. The first-order valence-electron chi connectivity index (χ1n) is 17.1. The van der Waals surface area contributed by atoms with E-state index in [0.717, 1.165) is 83.5 Å². The molecule has 0 aliphatic rings. The van der Waals surface area contributed by atoms with Crippen molar-refractivity contribution in [3.8, 4) is 0 Å². The summed E-state index contributed by atoms with van der Waals surface area (Å²) < 4.78 is 32.2. The maximum atomic E-state index is 12.4. The molecule has 7 heteroatoms. The number of nitrogens with one attached hydrogen (secondary N) is 1. The van der Waals surface area contributed by atoms with E-state index in [1.165, 1.54) is 31.8 Å². The van der Waals surface area contributed by atoms with Gasteiger partial charge >= 0.3 is 0 Å². The topological polar surface area (TPSA) is 104 Å². The fraction of sp³-hybridized carbons (Fsp3) is 0.649. The van der Waals surface area contributed by atoms with E-state index in [9.17, 15) is 22.9 Å². The van der Waals surface area contributed by atoms with Crippen LogP contribution in [-0.4, -0.2) is 41.9 Å². The van der Waals surface area contributed by atoms with Gasteiger partial charge in [-0.05, 0) is 64.2 Å². The standard InChI is InChI=1S/C37H63NO5S/c1-3-5-7-9-11-13-14-15-16-17-18-19-20-21-22-23-24-25-27-29-31-33-37(40)38-35(34-44(41,42)43)36(39)32-30-28-26-12-10-8-6-4-2/h5,7,11,13,15-16,18-19,21-22,30,32,35-36,39H,3-4,6,8-10,12,14,17,20,23-29,31,33-34H2,1-2H3,(H,38,40)(H,41,42,43)/b7-5-,13-11-,16-15-,19-18-,22-21-,32-30+. The Hall–Kier alpha value is -2.22. The zero-order valence-electron chi connectivity index (χ0n) is 27.8. The van der Waals surface area contributed by atoms with Gasteiger partial charge in [-0.15, -0.1) is 0 Å². The number of hydrogen-bond donors (Lipinski definition) is 3. The lowest BCUT2D eigenvalue weighted by Crippen LogP contribution is -2.46. The van der Waals surface area contributed by atoms with Crippen molar-refractivity contribution < 1.29 is 22.9 Å². The molecule has 252 valence electrons. The molecule has 3 N–H and O–H groups in total. The Bertz CT molecular complexity index is 962. The molecule has 0 aromatic rings. The first kappa shape index (κ1) is 41.8. The summed E-state index contributed by atoms with van der Waals surface area (Å²) in [4.78, 5) is 12.4. The Morgan fingerprint density at radius 2 is 1.09 bits per heavy atom. The second-order valence-corrected chi connectivity index (χ2v) is 12.9. The molecule has 0 aromatic heterocycles. The minimum absolute atomic E-state index is 0.269. The largest absolute Gasteiger partial charge is 0.387 e. The van der Waals surface area contributed by atoms with Gasteiger partial charge < -0.3 is 10.4 Å². The molecule has 0 saturated heterocycles. The molecule has 0 spiro atoms. The molecule has 0 rings (SSSR count). The predicted octanol–water partition coefficient (Wildman–Crippen LogP) is 9.51. The molecule has 0 saturated carbocycles. The number of amides is 1. The van der Waals surface area contributed by atoms with Crippen molar-refractivity contribution in [2.45, 2.75) is 148 Å². The van der Waals surface area contributed by atoms with Crippen LogP contribution in [0.1, 0.15) is 136 Å². The van der Waals surface area contributed by atoms with Crippen molar-refractivity contribution in [2.75, 3.05) is 5.75 Å². The SMILES string of the molecule is CC/C=C\C/C=C\C/C=C\C/C=C\C/C=C\CCCCCCCC(=O)NC(CS(=O)(=O)O)C(O)/C=C/CCCCCCCC. The number of carbonyl (C=O) groups is 1. The Balaban J connectivity index is 4.01. The van der Waals surface area contributed by atoms with E-state index in [1.54, 1.807) is 0 Å². The zero-order valence-corrected chi connectivity index (χ0v) is 28.6. The van der Waals surface area contributed by atoms with E-state index in [1.807, 2.05) is 6.08 Å². The summed E-state index contributed by atoms with van der Waals surface area (Å²) >= 11 is 0. The van der Waals surface area contributed by atoms with Crippen LogP contribution in [0.25, 0.3) is 0 Å². The van der Waals surface area contributed by atoms with Gasteiger partial charge in [0.05, 0.1) is 17.9 Å². The van der Waals surface area contributed by atoms with Gasteiger partial charge in [0, 0.05) is 6.42 Å². The van der Waals surface area contributed by atoms with Gasteiger partial charge in [-0.25, -0.2) is 0 Å². The number of unbranched alkanes of at least 4 members (excludes halogenated alkanes) is 11. The van der Waals surface area contributed by atoms with Crippen molar-refractivity contribution in [1.82, 2.24) is 5.32 Å². The monoisotopic (exact) mass is 633 g/mol. The molecule has 0 heterocycles. The molecule has 0 radical (unpaired) electrons. The van der Waals surface area contributed by atoms with Gasteiger partial charge in [-0.2, -0.15) is 8.42 Å². The summed E-state index contributed by atoms with van der Waals surface area (Å²) in [6.07, 6.45) is 43.2. The highest BCUT2D eigenvalue weighted by Gasteiger charge is 2.24. The van der Waals surface area contributed by atoms with Crippen molar-refractivity contribution >= 4 is 16.0 Å². The summed E-state index contributed by atoms with van der Waals surface area (Å²) in [5.74, 6) is -1.02. The minimum atomic E-state index is -4.34. The molecule has 6 nitrogen and oxygen atoms in total. The van der Waals surface area contributed by atoms with E-state index >= 15 is 0 Å². The maximum absolute atomic E-state index is 12.4. The van der Waals surface area contributed by atoms with Crippen molar-refractivity contribution in [3.63, 3.8) is 0 Å². The third-order valence-corrected chi connectivity index (χ3v) is 7.92. The van der Waals surface area contributed by atoms with Crippen molar-refractivity contribution in [2.24, 2.45) is 0 Å². The molecule has 0 aliphatic carbocycles. The van der Waals surface area contributed by atoms with Crippen LogP contribution in [0.5, 0.6) is 0 Å². The molecule has 0 bridgehead atoms. The van der Waals surface area contributed by atoms with Gasteiger partial charge in [0.1, 0.15) is 0 Å². The summed E-state index contributed by atoms with van der Waals surface area (Å²) in [5.41, 5.74) is 0. The smallest absolute Gasteiger partial charge is 0.267 e. The van der Waals surface area contributed by atoms with Crippen molar-refractivity contribution in [3.05, 3.63) is 72.9 Å². The Morgan fingerprint density at radius 3 is 1.61 bits per heavy atom. The quantitative estimate of drug-likeness (QED) is 0.0432. The number of rotatable bonds is 29. The third kappa shape index (κ3) is 31.2. The van der Waals surface area contributed by atoms with Gasteiger partial charge in [0.25, 0.3) is 10.1 Å². The molecular weight excluding hydrogens is 570 g/mol. The second kappa shape index (κ2) is 30.8. The lowest BCUT2D eigenvalue weighted by Gasteiger charge is -2.21. The molecule has 44 heavy (non-hydrogen) atoms. The second-order valence-electron chi connectivity index (χ2n) is 11.4.